The van der Waals surface area contributed by atoms with Crippen LogP contribution < -0.4 is 14.2 Å². The van der Waals surface area contributed by atoms with Crippen molar-refractivity contribution in [2.24, 2.45) is 0 Å². The van der Waals surface area contributed by atoms with E-state index < -0.39 is 5.97 Å². The molecule has 1 heterocycles. The molecule has 186 valence electrons. The predicted molar refractivity (Wildman–Crippen MR) is 135 cm³/mol. The van der Waals surface area contributed by atoms with Crippen molar-refractivity contribution < 1.29 is 23.7 Å². The summed E-state index contributed by atoms with van der Waals surface area (Å²) in [7, 11) is 0. The monoisotopic (exact) mass is 468 g/mol. The fourth-order valence-corrected chi connectivity index (χ4v) is 3.93. The van der Waals surface area contributed by atoms with E-state index in [9.17, 15) is 4.79 Å². The van der Waals surface area contributed by atoms with Crippen molar-refractivity contribution in [3.63, 3.8) is 0 Å². The van der Waals surface area contributed by atoms with Gasteiger partial charge in [0.2, 0.25) is 0 Å². The first kappa shape index (κ1) is 26.1. The van der Waals surface area contributed by atoms with Gasteiger partial charge in [-0.25, -0.2) is 4.79 Å². The summed E-state index contributed by atoms with van der Waals surface area (Å²) in [5.41, 5.74) is 0.493. The summed E-state index contributed by atoms with van der Waals surface area (Å²) in [5.74, 6) is 1.61. The lowest BCUT2D eigenvalue weighted by Gasteiger charge is -2.09. The van der Waals surface area contributed by atoms with Crippen LogP contribution >= 0.6 is 0 Å². The van der Waals surface area contributed by atoms with Crippen LogP contribution in [0.3, 0.4) is 0 Å². The molecule has 34 heavy (non-hydrogen) atoms. The average molecular weight is 469 g/mol. The number of ether oxygens (including phenoxy) is 4. The van der Waals surface area contributed by atoms with Crippen molar-refractivity contribution in [1.82, 2.24) is 0 Å². The van der Waals surface area contributed by atoms with Crippen molar-refractivity contribution in [2.75, 3.05) is 13.2 Å². The predicted octanol–water partition coefficient (Wildman–Crippen LogP) is 7.37. The summed E-state index contributed by atoms with van der Waals surface area (Å²) in [6.45, 7) is 5.66. The molecule has 1 saturated heterocycles. The zero-order valence-electron chi connectivity index (χ0n) is 20.8. The van der Waals surface area contributed by atoms with Crippen LogP contribution in [-0.4, -0.2) is 31.4 Å². The normalized spacial score (nSPS) is 16.8. The van der Waals surface area contributed by atoms with Crippen LogP contribution in [0.4, 0.5) is 0 Å². The van der Waals surface area contributed by atoms with Crippen LogP contribution in [0.5, 0.6) is 17.2 Å². The Kier molecular flexibility index (Phi) is 11.3. The van der Waals surface area contributed by atoms with E-state index in [4.69, 9.17) is 18.9 Å². The van der Waals surface area contributed by atoms with Crippen molar-refractivity contribution in [3.8, 4) is 17.2 Å². The lowest BCUT2D eigenvalue weighted by Crippen LogP contribution is -2.09. The molecule has 0 aromatic heterocycles. The summed E-state index contributed by atoms with van der Waals surface area (Å²) in [6, 6.07) is 14.2. The van der Waals surface area contributed by atoms with Crippen LogP contribution in [0, 0.1) is 0 Å². The Morgan fingerprint density at radius 3 is 1.97 bits per heavy atom. The Hall–Kier alpha value is -2.53. The van der Waals surface area contributed by atoms with Gasteiger partial charge in [-0.1, -0.05) is 65.2 Å². The highest BCUT2D eigenvalue weighted by Crippen LogP contribution is 2.28. The fourth-order valence-electron chi connectivity index (χ4n) is 3.93. The minimum Gasteiger partial charge on any atom is -0.494 e. The van der Waals surface area contributed by atoms with E-state index in [1.165, 1.54) is 44.9 Å². The van der Waals surface area contributed by atoms with E-state index >= 15 is 0 Å². The Bertz CT molecular complexity index is 831. The number of hydrogen-bond donors (Lipinski definition) is 0. The lowest BCUT2D eigenvalue weighted by atomic mass is 10.1. The van der Waals surface area contributed by atoms with E-state index in [0.717, 1.165) is 30.8 Å². The molecule has 5 heteroatoms. The Morgan fingerprint density at radius 2 is 1.29 bits per heavy atom. The van der Waals surface area contributed by atoms with Crippen molar-refractivity contribution in [3.05, 3.63) is 54.1 Å². The maximum absolute atomic E-state index is 12.4. The number of carbonyl (C=O) groups excluding carboxylic acids is 1. The first-order valence-electron chi connectivity index (χ1n) is 13.0. The zero-order valence-corrected chi connectivity index (χ0v) is 20.8. The zero-order chi connectivity index (χ0) is 24.0. The lowest BCUT2D eigenvalue weighted by molar-refractivity contribution is 0.0734. The molecule has 0 unspecified atom stereocenters. The molecule has 5 nitrogen and oxygen atoms in total. The molecule has 2 aromatic carbocycles. The highest BCUT2D eigenvalue weighted by molar-refractivity contribution is 5.91. The molecular formula is C29H40O5. The minimum atomic E-state index is -0.392. The van der Waals surface area contributed by atoms with Crippen molar-refractivity contribution >= 4 is 5.97 Å². The van der Waals surface area contributed by atoms with Crippen LogP contribution in [0.15, 0.2) is 48.5 Å². The van der Waals surface area contributed by atoms with Gasteiger partial charge >= 0.3 is 5.97 Å². The van der Waals surface area contributed by atoms with Gasteiger partial charge in [0.15, 0.2) is 0 Å². The van der Waals surface area contributed by atoms with Gasteiger partial charge in [-0.2, -0.15) is 0 Å². The van der Waals surface area contributed by atoms with Crippen LogP contribution in [0.2, 0.25) is 0 Å². The van der Waals surface area contributed by atoms with E-state index in [1.54, 1.807) is 24.3 Å². The molecule has 3 rings (SSSR count). The van der Waals surface area contributed by atoms with Gasteiger partial charge in [-0.3, -0.25) is 0 Å². The molecule has 0 bridgehead atoms. The van der Waals surface area contributed by atoms with Gasteiger partial charge in [-0.05, 0) is 61.4 Å². The smallest absolute Gasteiger partial charge is 0.343 e. The van der Waals surface area contributed by atoms with Crippen LogP contribution in [-0.2, 0) is 4.74 Å². The molecule has 1 aliphatic rings. The SMILES string of the molecule is CCCCCCCCCCOc1ccc(C(=O)Oc2ccc(OC[C@H]3O[C@@H]3CCC)cc2)cc1. The first-order valence-corrected chi connectivity index (χ1v) is 13.0. The van der Waals surface area contributed by atoms with Crippen LogP contribution in [0.1, 0.15) is 88.4 Å². The second-order valence-electron chi connectivity index (χ2n) is 9.02. The molecule has 0 aliphatic carbocycles. The Balaban J connectivity index is 1.31. The molecule has 1 aliphatic heterocycles. The van der Waals surface area contributed by atoms with Gasteiger partial charge in [0.25, 0.3) is 0 Å². The quantitative estimate of drug-likeness (QED) is 0.105. The number of carbonyl (C=O) groups is 1. The molecule has 2 aromatic rings. The highest BCUT2D eigenvalue weighted by Gasteiger charge is 2.38. The first-order chi connectivity index (χ1) is 16.7. The second kappa shape index (κ2) is 14.7. The van der Waals surface area contributed by atoms with Gasteiger partial charge in [0, 0.05) is 0 Å². The maximum atomic E-state index is 12.4. The van der Waals surface area contributed by atoms with E-state index in [2.05, 4.69) is 13.8 Å². The van der Waals surface area contributed by atoms with Crippen LogP contribution in [0.25, 0.3) is 0 Å². The topological polar surface area (TPSA) is 57.3 Å². The number of unbranched alkanes of at least 4 members (excludes halogenated alkanes) is 7. The number of benzene rings is 2. The Labute approximate surface area is 204 Å². The molecule has 0 spiro atoms. The van der Waals surface area contributed by atoms with Gasteiger partial charge in [-0.15, -0.1) is 0 Å². The number of rotatable bonds is 17. The third-order valence-corrected chi connectivity index (χ3v) is 6.07. The van der Waals surface area contributed by atoms with E-state index in [1.807, 2.05) is 24.3 Å². The molecule has 0 amide bonds. The van der Waals surface area contributed by atoms with Crippen molar-refractivity contribution in [1.29, 1.82) is 0 Å². The largest absolute Gasteiger partial charge is 0.494 e. The molecule has 1 fully saturated rings. The summed E-state index contributed by atoms with van der Waals surface area (Å²) in [5, 5.41) is 0. The highest BCUT2D eigenvalue weighted by atomic mass is 16.6. The Morgan fingerprint density at radius 1 is 0.706 bits per heavy atom. The third-order valence-electron chi connectivity index (χ3n) is 6.07. The average Bonchev–Trinajstić information content (AvgIpc) is 3.61. The summed E-state index contributed by atoms with van der Waals surface area (Å²) < 4.78 is 22.6. The number of esters is 1. The molecule has 0 saturated carbocycles. The maximum Gasteiger partial charge on any atom is 0.343 e. The second-order valence-corrected chi connectivity index (χ2v) is 9.02. The minimum absolute atomic E-state index is 0.199. The van der Waals surface area contributed by atoms with Gasteiger partial charge < -0.3 is 18.9 Å². The summed E-state index contributed by atoms with van der Waals surface area (Å²) >= 11 is 0. The molecular weight excluding hydrogens is 428 g/mol. The number of hydrogen-bond acceptors (Lipinski definition) is 5. The fraction of sp³-hybridized carbons (Fsp3) is 0.552. The third kappa shape index (κ3) is 9.38. The molecule has 2 atom stereocenters. The van der Waals surface area contributed by atoms with E-state index in [-0.39, 0.29) is 6.10 Å². The summed E-state index contributed by atoms with van der Waals surface area (Å²) in [4.78, 5) is 12.4. The number of epoxide rings is 1. The van der Waals surface area contributed by atoms with Crippen molar-refractivity contribution in [2.45, 2.75) is 90.3 Å². The molecule has 0 N–H and O–H groups in total. The van der Waals surface area contributed by atoms with Gasteiger partial charge in [0.05, 0.1) is 18.3 Å². The molecule has 0 radical (unpaired) electrons. The van der Waals surface area contributed by atoms with E-state index in [0.29, 0.717) is 30.6 Å². The van der Waals surface area contributed by atoms with Gasteiger partial charge in [0.1, 0.15) is 30.0 Å². The summed E-state index contributed by atoms with van der Waals surface area (Å²) in [6.07, 6.45) is 13.0. The standard InChI is InChI=1S/C29H40O5/c1-3-5-6-7-8-9-10-11-21-31-24-15-13-23(14-16-24)29(30)33-26-19-17-25(18-20-26)32-22-28-27(34-28)12-4-2/h13-20,27-28H,3-12,21-22H2,1-2H3/t27-,28-/m1/s1.